The molecule has 0 bridgehead atoms. The van der Waals surface area contributed by atoms with Crippen LogP contribution in [0.2, 0.25) is 0 Å². The fraction of sp³-hybridized carbons (Fsp3) is 0. The van der Waals surface area contributed by atoms with E-state index in [0.29, 0.717) is 16.6 Å². The van der Waals surface area contributed by atoms with Gasteiger partial charge in [0.25, 0.3) is 0 Å². The van der Waals surface area contributed by atoms with Crippen molar-refractivity contribution >= 4 is 28.0 Å². The Morgan fingerprint density at radius 1 is 1.13 bits per heavy atom. The minimum atomic E-state index is -1.06. The molecule has 0 saturated heterocycles. The maximum Gasteiger partial charge on any atom is 0.335 e. The van der Waals surface area contributed by atoms with Crippen LogP contribution >= 0.6 is 0 Å². The molecule has 6 nitrogen and oxygen atoms in total. The topological polar surface area (TPSA) is 83.8 Å². The molecule has 0 fully saturated rings. The monoisotopic (exact) mass is 314 g/mol. The van der Waals surface area contributed by atoms with Crippen LogP contribution < -0.4 is 0 Å². The quantitative estimate of drug-likeness (QED) is 0.596. The van der Waals surface area contributed by atoms with Gasteiger partial charge in [0.05, 0.1) is 27.6 Å². The summed E-state index contributed by atoms with van der Waals surface area (Å²) in [6.07, 6.45) is 1.46. The Morgan fingerprint density at radius 2 is 1.91 bits per heavy atom. The minimum absolute atomic E-state index is 0.104. The van der Waals surface area contributed by atoms with Gasteiger partial charge in [-0.05, 0) is 18.2 Å². The van der Waals surface area contributed by atoms with Gasteiger partial charge < -0.3 is 10.1 Å². The lowest BCUT2D eigenvalue weighted by molar-refractivity contribution is 0.0697. The van der Waals surface area contributed by atoms with Crippen LogP contribution in [0.5, 0.6) is 0 Å². The molecular weight excluding hydrogens is 306 g/mol. The summed E-state index contributed by atoms with van der Waals surface area (Å²) < 4.78 is 28.1. The van der Waals surface area contributed by atoms with Crippen molar-refractivity contribution in [2.75, 3.05) is 0 Å². The van der Waals surface area contributed by atoms with Crippen LogP contribution in [0.15, 0.2) is 36.7 Å². The number of carboxylic acids is 1. The fourth-order valence-corrected chi connectivity index (χ4v) is 2.42. The number of carboxylic acid groups (broad SMARTS) is 1. The molecule has 0 saturated carbocycles. The molecular formula is C15H8F2N4O2. The minimum Gasteiger partial charge on any atom is -0.478 e. The highest BCUT2D eigenvalue weighted by atomic mass is 19.2. The number of aromatic amines is 1. The van der Waals surface area contributed by atoms with Crippen molar-refractivity contribution in [3.05, 3.63) is 53.9 Å². The molecule has 0 aliphatic heterocycles. The Bertz CT molecular complexity index is 1040. The number of carbonyl (C=O) groups is 1. The highest BCUT2D eigenvalue weighted by Gasteiger charge is 2.13. The van der Waals surface area contributed by atoms with Crippen molar-refractivity contribution in [3.8, 4) is 5.95 Å². The molecule has 23 heavy (non-hydrogen) atoms. The first kappa shape index (κ1) is 13.4. The van der Waals surface area contributed by atoms with Crippen LogP contribution in [0.25, 0.3) is 28.0 Å². The van der Waals surface area contributed by atoms with Crippen molar-refractivity contribution in [1.82, 2.24) is 19.5 Å². The number of nitrogens with one attached hydrogen (secondary N) is 1. The van der Waals surface area contributed by atoms with Crippen LogP contribution in [0.3, 0.4) is 0 Å². The lowest BCUT2D eigenvalue weighted by Gasteiger charge is -2.00. The average Bonchev–Trinajstić information content (AvgIpc) is 3.10. The zero-order valence-electron chi connectivity index (χ0n) is 11.4. The predicted octanol–water partition coefficient (Wildman–Crippen LogP) is 2.88. The van der Waals surface area contributed by atoms with Gasteiger partial charge in [-0.25, -0.2) is 23.5 Å². The van der Waals surface area contributed by atoms with Gasteiger partial charge >= 0.3 is 5.97 Å². The van der Waals surface area contributed by atoms with E-state index in [2.05, 4.69) is 15.0 Å². The normalized spacial score (nSPS) is 11.4. The van der Waals surface area contributed by atoms with Crippen LogP contribution in [-0.2, 0) is 0 Å². The predicted molar refractivity (Wildman–Crippen MR) is 77.6 cm³/mol. The Labute approximate surface area is 127 Å². The maximum atomic E-state index is 13.3. The summed E-state index contributed by atoms with van der Waals surface area (Å²) in [5, 5.41) is 9.08. The van der Waals surface area contributed by atoms with E-state index in [1.54, 1.807) is 6.07 Å². The summed E-state index contributed by atoms with van der Waals surface area (Å²) >= 11 is 0. The summed E-state index contributed by atoms with van der Waals surface area (Å²) in [5.74, 6) is -2.74. The molecule has 114 valence electrons. The molecule has 0 aliphatic carbocycles. The van der Waals surface area contributed by atoms with Gasteiger partial charge in [-0.3, -0.25) is 4.57 Å². The second-order valence-corrected chi connectivity index (χ2v) is 4.97. The second kappa shape index (κ2) is 4.60. The number of H-pyrrole nitrogens is 1. The molecule has 0 radical (unpaired) electrons. The molecule has 2 heterocycles. The van der Waals surface area contributed by atoms with E-state index in [1.807, 2.05) is 0 Å². The molecule has 2 aromatic heterocycles. The third-order valence-electron chi connectivity index (χ3n) is 3.53. The third-order valence-corrected chi connectivity index (χ3v) is 3.53. The highest BCUT2D eigenvalue weighted by molar-refractivity contribution is 5.92. The molecule has 8 heteroatoms. The zero-order valence-corrected chi connectivity index (χ0v) is 11.4. The number of hydrogen-bond acceptors (Lipinski definition) is 3. The summed E-state index contributed by atoms with van der Waals surface area (Å²) in [6.45, 7) is 0. The summed E-state index contributed by atoms with van der Waals surface area (Å²) in [6, 6.07) is 6.50. The van der Waals surface area contributed by atoms with E-state index in [1.165, 1.54) is 23.0 Å². The summed E-state index contributed by atoms with van der Waals surface area (Å²) in [4.78, 5) is 22.3. The number of aromatic nitrogens is 4. The summed E-state index contributed by atoms with van der Waals surface area (Å²) in [5.41, 5.74) is 1.79. The van der Waals surface area contributed by atoms with Gasteiger partial charge in [0, 0.05) is 12.1 Å². The number of nitrogens with zero attached hydrogens (tertiary/aromatic N) is 3. The number of fused-ring (bicyclic) bond motifs is 2. The van der Waals surface area contributed by atoms with E-state index in [9.17, 15) is 13.6 Å². The second-order valence-electron chi connectivity index (χ2n) is 4.97. The van der Waals surface area contributed by atoms with Crippen molar-refractivity contribution < 1.29 is 18.7 Å². The molecule has 0 unspecified atom stereocenters. The van der Waals surface area contributed by atoms with Crippen molar-refractivity contribution in [1.29, 1.82) is 0 Å². The average molecular weight is 314 g/mol. The van der Waals surface area contributed by atoms with Crippen molar-refractivity contribution in [3.63, 3.8) is 0 Å². The Hall–Kier alpha value is -3.29. The molecule has 4 aromatic rings. The van der Waals surface area contributed by atoms with Crippen LogP contribution in [0.4, 0.5) is 8.78 Å². The zero-order chi connectivity index (χ0) is 16.1. The first-order chi connectivity index (χ1) is 11.0. The van der Waals surface area contributed by atoms with E-state index in [-0.39, 0.29) is 17.0 Å². The Balaban J connectivity index is 1.94. The largest absolute Gasteiger partial charge is 0.478 e. The van der Waals surface area contributed by atoms with Gasteiger partial charge in [-0.1, -0.05) is 0 Å². The van der Waals surface area contributed by atoms with Gasteiger partial charge in [-0.15, -0.1) is 0 Å². The standard InChI is InChI=1S/C15H8F2N4O2/c16-8-4-11-12(5-9(8)17)20-15(19-11)21-6-18-10-2-1-7(14(22)23)3-13(10)21/h1-6H,(H,19,20)(H,22,23). The van der Waals surface area contributed by atoms with Gasteiger partial charge in [-0.2, -0.15) is 0 Å². The van der Waals surface area contributed by atoms with E-state index < -0.39 is 17.6 Å². The first-order valence-corrected chi connectivity index (χ1v) is 6.58. The van der Waals surface area contributed by atoms with Gasteiger partial charge in [0.1, 0.15) is 6.33 Å². The summed E-state index contributed by atoms with van der Waals surface area (Å²) in [7, 11) is 0. The van der Waals surface area contributed by atoms with Crippen LogP contribution in [0.1, 0.15) is 10.4 Å². The molecule has 2 aromatic carbocycles. The van der Waals surface area contributed by atoms with Gasteiger partial charge in [0.2, 0.25) is 5.95 Å². The Morgan fingerprint density at radius 3 is 2.70 bits per heavy atom. The SMILES string of the molecule is O=C(O)c1ccc2ncn(-c3nc4cc(F)c(F)cc4[nH]3)c2c1. The molecule has 2 N–H and O–H groups in total. The third kappa shape index (κ3) is 2.03. The number of benzene rings is 2. The van der Waals surface area contributed by atoms with Crippen LogP contribution in [-0.4, -0.2) is 30.6 Å². The number of halogens is 2. The Kier molecular flexibility index (Phi) is 2.68. The number of rotatable bonds is 2. The molecule has 4 rings (SSSR count). The fourth-order valence-electron chi connectivity index (χ4n) is 2.42. The van der Waals surface area contributed by atoms with E-state index >= 15 is 0 Å². The smallest absolute Gasteiger partial charge is 0.335 e. The number of imidazole rings is 2. The van der Waals surface area contributed by atoms with E-state index in [0.717, 1.165) is 12.1 Å². The van der Waals surface area contributed by atoms with Crippen molar-refractivity contribution in [2.24, 2.45) is 0 Å². The highest BCUT2D eigenvalue weighted by Crippen LogP contribution is 2.22. The molecule has 0 spiro atoms. The molecule has 0 aliphatic rings. The molecule has 0 amide bonds. The van der Waals surface area contributed by atoms with Crippen molar-refractivity contribution in [2.45, 2.75) is 0 Å². The van der Waals surface area contributed by atoms with Gasteiger partial charge in [0.15, 0.2) is 11.6 Å². The number of aromatic carboxylic acids is 1. The number of hydrogen-bond donors (Lipinski definition) is 2. The van der Waals surface area contributed by atoms with Crippen LogP contribution in [0, 0.1) is 11.6 Å². The molecule has 0 atom stereocenters. The van der Waals surface area contributed by atoms with E-state index in [4.69, 9.17) is 5.11 Å². The maximum absolute atomic E-state index is 13.3. The lowest BCUT2D eigenvalue weighted by atomic mass is 10.2. The first-order valence-electron chi connectivity index (χ1n) is 6.58. The lowest BCUT2D eigenvalue weighted by Crippen LogP contribution is -1.98.